The van der Waals surface area contributed by atoms with Gasteiger partial charge in [0, 0.05) is 0 Å². The van der Waals surface area contributed by atoms with Crippen LogP contribution in [-0.4, -0.2) is 21.9 Å². The maximum Gasteiger partial charge on any atom is 0.316 e. The third-order valence-corrected chi connectivity index (χ3v) is 2.01. The third-order valence-electron chi connectivity index (χ3n) is 1.33. The first-order valence-corrected chi connectivity index (χ1v) is 5.51. The lowest BCUT2D eigenvalue weighted by Gasteiger charge is -1.97. The Bertz CT molecular complexity index is 628. The minimum absolute atomic E-state index is 0.243. The van der Waals surface area contributed by atoms with Crippen LogP contribution < -0.4 is 0 Å². The zero-order valence-corrected chi connectivity index (χ0v) is 8.66. The standard InChI is InChI=1S/C6H4N2O5S2/c9-5-3-1-2-4(7-14(10)11)6(5)8-15(12)13/h1-3,9H. The smallest absolute Gasteiger partial charge is 0.316 e. The predicted molar refractivity (Wildman–Crippen MR) is 50.1 cm³/mol. The van der Waals surface area contributed by atoms with Gasteiger partial charge in [0.2, 0.25) is 0 Å². The highest BCUT2D eigenvalue weighted by molar-refractivity contribution is 7.62. The van der Waals surface area contributed by atoms with Crippen LogP contribution in [0.5, 0.6) is 5.75 Å². The van der Waals surface area contributed by atoms with Gasteiger partial charge in [0.25, 0.3) is 0 Å². The van der Waals surface area contributed by atoms with Crippen LogP contribution in [0.4, 0.5) is 11.4 Å². The molecule has 0 saturated carbocycles. The van der Waals surface area contributed by atoms with E-state index in [4.69, 9.17) is 0 Å². The second-order valence-corrected chi connectivity index (χ2v) is 3.50. The van der Waals surface area contributed by atoms with Crippen LogP contribution in [0, 0.1) is 0 Å². The van der Waals surface area contributed by atoms with E-state index in [0.29, 0.717) is 0 Å². The van der Waals surface area contributed by atoms with Crippen molar-refractivity contribution in [1.29, 1.82) is 0 Å². The molecule has 0 aliphatic heterocycles. The van der Waals surface area contributed by atoms with Crippen LogP contribution in [-0.2, 0) is 21.0 Å². The first-order valence-electron chi connectivity index (χ1n) is 3.45. The van der Waals surface area contributed by atoms with E-state index in [2.05, 4.69) is 8.73 Å². The van der Waals surface area contributed by atoms with Crippen molar-refractivity contribution in [2.24, 2.45) is 8.73 Å². The second kappa shape index (κ2) is 4.66. The topological polar surface area (TPSA) is 113 Å². The van der Waals surface area contributed by atoms with Crippen molar-refractivity contribution >= 4 is 32.4 Å². The molecule has 80 valence electrons. The quantitative estimate of drug-likeness (QED) is 0.830. The Morgan fingerprint density at radius 3 is 2.13 bits per heavy atom. The van der Waals surface area contributed by atoms with Crippen molar-refractivity contribution in [2.75, 3.05) is 0 Å². The number of aromatic hydroxyl groups is 1. The summed E-state index contributed by atoms with van der Waals surface area (Å²) in [6, 6.07) is 3.69. The Morgan fingerprint density at radius 1 is 1.00 bits per heavy atom. The van der Waals surface area contributed by atoms with Crippen molar-refractivity contribution in [2.45, 2.75) is 0 Å². The highest BCUT2D eigenvalue weighted by Crippen LogP contribution is 2.36. The van der Waals surface area contributed by atoms with Crippen LogP contribution in [0.1, 0.15) is 0 Å². The monoisotopic (exact) mass is 248 g/mol. The molecule has 0 saturated heterocycles. The molecule has 0 atom stereocenters. The molecule has 0 amide bonds. The molecule has 0 aliphatic rings. The van der Waals surface area contributed by atoms with Crippen molar-refractivity contribution < 1.29 is 21.9 Å². The largest absolute Gasteiger partial charge is 0.506 e. The van der Waals surface area contributed by atoms with Gasteiger partial charge in [0.15, 0.2) is 0 Å². The first kappa shape index (κ1) is 11.3. The molecule has 1 aromatic rings. The molecule has 15 heavy (non-hydrogen) atoms. The van der Waals surface area contributed by atoms with Crippen LogP contribution in [0.3, 0.4) is 0 Å². The van der Waals surface area contributed by atoms with Crippen molar-refractivity contribution in [3.63, 3.8) is 0 Å². The maximum absolute atomic E-state index is 10.3. The Morgan fingerprint density at radius 2 is 1.60 bits per heavy atom. The summed E-state index contributed by atoms with van der Waals surface area (Å²) in [5.41, 5.74) is -0.650. The summed E-state index contributed by atoms with van der Waals surface area (Å²) in [4.78, 5) is 0. The van der Waals surface area contributed by atoms with Gasteiger partial charge in [-0.25, -0.2) is 0 Å². The maximum atomic E-state index is 10.3. The van der Waals surface area contributed by atoms with E-state index in [1.165, 1.54) is 18.2 Å². The number of benzene rings is 1. The average Bonchev–Trinajstić information content (AvgIpc) is 2.09. The molecule has 9 heteroatoms. The summed E-state index contributed by atoms with van der Waals surface area (Å²) in [5, 5.41) is 9.23. The van der Waals surface area contributed by atoms with Gasteiger partial charge in [-0.15, -0.1) is 8.73 Å². The fraction of sp³-hybridized carbons (Fsp3) is 0. The second-order valence-electron chi connectivity index (χ2n) is 2.26. The predicted octanol–water partition coefficient (Wildman–Crippen LogP) is 0.781. The lowest BCUT2D eigenvalue weighted by molar-refractivity contribution is 0.477. The number of hydrogen-bond acceptors (Lipinski definition) is 7. The van der Waals surface area contributed by atoms with Gasteiger partial charge < -0.3 is 5.11 Å². The average molecular weight is 248 g/mol. The number of rotatable bonds is 2. The van der Waals surface area contributed by atoms with E-state index >= 15 is 0 Å². The number of hydrogen-bond donors (Lipinski definition) is 1. The van der Waals surface area contributed by atoms with E-state index < -0.39 is 32.4 Å². The van der Waals surface area contributed by atoms with E-state index in [1.54, 1.807) is 0 Å². The molecule has 0 heterocycles. The van der Waals surface area contributed by atoms with Crippen LogP contribution >= 0.6 is 0 Å². The van der Waals surface area contributed by atoms with E-state index in [0.717, 1.165) is 0 Å². The van der Waals surface area contributed by atoms with Gasteiger partial charge in [0.05, 0.1) is 0 Å². The number of phenolic OH excluding ortho intramolecular Hbond substituents is 1. The molecule has 0 aliphatic carbocycles. The van der Waals surface area contributed by atoms with Gasteiger partial charge in [0.1, 0.15) is 17.1 Å². The molecule has 0 spiro atoms. The zero-order chi connectivity index (χ0) is 11.4. The van der Waals surface area contributed by atoms with E-state index in [-0.39, 0.29) is 5.69 Å². The van der Waals surface area contributed by atoms with Crippen LogP contribution in [0.2, 0.25) is 0 Å². The summed E-state index contributed by atoms with van der Waals surface area (Å²) in [6.45, 7) is 0. The van der Waals surface area contributed by atoms with Gasteiger partial charge >= 0.3 is 21.0 Å². The fourth-order valence-electron chi connectivity index (χ4n) is 0.842. The number of nitrogens with zero attached hydrogens (tertiary/aromatic N) is 2. The van der Waals surface area contributed by atoms with Crippen molar-refractivity contribution in [3.05, 3.63) is 18.2 Å². The fourth-order valence-corrected chi connectivity index (χ4v) is 1.49. The zero-order valence-electron chi connectivity index (χ0n) is 7.02. The highest BCUT2D eigenvalue weighted by atomic mass is 32.2. The minimum atomic E-state index is -2.80. The molecule has 1 rings (SSSR count). The summed E-state index contributed by atoms with van der Waals surface area (Å²) in [7, 11) is -5.54. The van der Waals surface area contributed by atoms with E-state index in [9.17, 15) is 21.9 Å². The molecule has 0 bridgehead atoms. The molecule has 0 aromatic heterocycles. The highest BCUT2D eigenvalue weighted by Gasteiger charge is 2.06. The summed E-state index contributed by atoms with van der Waals surface area (Å²) < 4.78 is 47.2. The Kier molecular flexibility index (Phi) is 3.52. The molecule has 1 aromatic carbocycles. The molecule has 0 fully saturated rings. The van der Waals surface area contributed by atoms with Crippen LogP contribution in [0.25, 0.3) is 0 Å². The molecule has 0 unspecified atom stereocenters. The van der Waals surface area contributed by atoms with Crippen LogP contribution in [0.15, 0.2) is 26.9 Å². The van der Waals surface area contributed by atoms with Crippen molar-refractivity contribution in [3.8, 4) is 5.75 Å². The first-order chi connectivity index (χ1) is 7.00. The Labute approximate surface area is 87.4 Å². The minimum Gasteiger partial charge on any atom is -0.506 e. The lowest BCUT2D eigenvalue weighted by atomic mass is 10.2. The Hall–Kier alpha value is -1.74. The molecule has 1 N–H and O–H groups in total. The summed E-state index contributed by atoms with van der Waals surface area (Å²) in [5.74, 6) is -0.467. The normalized spacial score (nSPS) is 9.33. The summed E-state index contributed by atoms with van der Waals surface area (Å²) >= 11 is 0. The van der Waals surface area contributed by atoms with Gasteiger partial charge in [-0.05, 0) is 12.1 Å². The molecular formula is C6H4N2O5S2. The number of phenols is 1. The van der Waals surface area contributed by atoms with Gasteiger partial charge in [-0.1, -0.05) is 6.07 Å². The summed E-state index contributed by atoms with van der Waals surface area (Å²) in [6.07, 6.45) is 0. The van der Waals surface area contributed by atoms with Crippen molar-refractivity contribution in [1.82, 2.24) is 0 Å². The molecular weight excluding hydrogens is 244 g/mol. The molecule has 7 nitrogen and oxygen atoms in total. The third kappa shape index (κ3) is 3.14. The Balaban J connectivity index is 3.60. The SMILES string of the molecule is O=S(=O)=Nc1cccc(O)c1N=S(=O)=O. The lowest BCUT2D eigenvalue weighted by Crippen LogP contribution is -1.71. The van der Waals surface area contributed by atoms with Gasteiger partial charge in [-0.3, -0.25) is 0 Å². The van der Waals surface area contributed by atoms with Gasteiger partial charge in [-0.2, -0.15) is 16.8 Å². The molecule has 0 radical (unpaired) electrons. The van der Waals surface area contributed by atoms with E-state index in [1.807, 2.05) is 0 Å².